The van der Waals surface area contributed by atoms with Crippen molar-refractivity contribution in [1.29, 1.82) is 0 Å². The van der Waals surface area contributed by atoms with Gasteiger partial charge in [-0.2, -0.15) is 0 Å². The van der Waals surface area contributed by atoms with Crippen LogP contribution in [0.4, 0.5) is 0 Å². The minimum atomic E-state index is -3.08. The molecule has 1 aliphatic heterocycles. The van der Waals surface area contributed by atoms with Crippen molar-refractivity contribution >= 4 is 15.7 Å². The minimum absolute atomic E-state index is 0.0312. The highest BCUT2D eigenvalue weighted by molar-refractivity contribution is 7.92. The van der Waals surface area contributed by atoms with E-state index >= 15 is 0 Å². The van der Waals surface area contributed by atoms with Crippen LogP contribution in [0.3, 0.4) is 0 Å². The second kappa shape index (κ2) is 4.92. The molecule has 19 heavy (non-hydrogen) atoms. The number of carbonyl (C=O) groups is 1. The summed E-state index contributed by atoms with van der Waals surface area (Å²) in [7, 11) is -3.08. The quantitative estimate of drug-likeness (QED) is 0.772. The van der Waals surface area contributed by atoms with Crippen molar-refractivity contribution in [2.45, 2.75) is 32.1 Å². The summed E-state index contributed by atoms with van der Waals surface area (Å²) in [6.07, 6.45) is 3.21. The van der Waals surface area contributed by atoms with Crippen LogP contribution in [0.25, 0.3) is 0 Å². The van der Waals surface area contributed by atoms with Crippen LogP contribution in [-0.2, 0) is 9.84 Å². The van der Waals surface area contributed by atoms with Crippen LogP contribution in [0.2, 0.25) is 0 Å². The summed E-state index contributed by atoms with van der Waals surface area (Å²) in [4.78, 5) is 18.0. The fourth-order valence-electron chi connectivity index (χ4n) is 2.29. The maximum atomic E-state index is 12.4. The third kappa shape index (κ3) is 2.63. The van der Waals surface area contributed by atoms with Gasteiger partial charge in [-0.15, -0.1) is 0 Å². The van der Waals surface area contributed by atoms with Gasteiger partial charge in [-0.25, -0.2) is 8.42 Å². The van der Waals surface area contributed by atoms with E-state index in [9.17, 15) is 13.2 Å². The minimum Gasteiger partial charge on any atom is -0.334 e. The molecule has 0 N–H and O–H groups in total. The molecule has 1 saturated heterocycles. The molecule has 0 spiro atoms. The maximum Gasteiger partial charge on any atom is 0.255 e. The number of aromatic nitrogens is 1. The van der Waals surface area contributed by atoms with Crippen molar-refractivity contribution in [3.05, 3.63) is 29.6 Å². The molecule has 1 aromatic heterocycles. The number of sulfone groups is 1. The molecule has 0 aliphatic carbocycles. The highest BCUT2D eigenvalue weighted by Gasteiger charge is 2.38. The molecule has 2 atom stereocenters. The summed E-state index contributed by atoms with van der Waals surface area (Å²) >= 11 is 0. The molecule has 0 bridgehead atoms. The van der Waals surface area contributed by atoms with E-state index in [2.05, 4.69) is 4.98 Å². The molecule has 2 heterocycles. The van der Waals surface area contributed by atoms with E-state index in [0.29, 0.717) is 5.56 Å². The molecule has 0 aromatic carbocycles. The Kier molecular flexibility index (Phi) is 3.62. The van der Waals surface area contributed by atoms with Gasteiger partial charge in [-0.05, 0) is 32.4 Å². The van der Waals surface area contributed by atoms with Gasteiger partial charge in [-0.3, -0.25) is 9.78 Å². The molecular formula is C13H18N2O3S. The molecule has 2 unspecified atom stereocenters. The molecule has 1 aliphatic rings. The lowest BCUT2D eigenvalue weighted by Gasteiger charge is -2.37. The SMILES string of the molecule is Cc1cncc(C(=O)N2CCS(=O)(=O)C(C)C2C)c1. The molecule has 1 aromatic rings. The lowest BCUT2D eigenvalue weighted by Crippen LogP contribution is -2.54. The third-order valence-corrected chi connectivity index (χ3v) is 6.02. The van der Waals surface area contributed by atoms with Crippen LogP contribution in [0.5, 0.6) is 0 Å². The predicted octanol–water partition coefficient (Wildman–Crippen LogP) is 1.04. The average molecular weight is 282 g/mol. The number of carbonyl (C=O) groups excluding carboxylic acids is 1. The zero-order valence-electron chi connectivity index (χ0n) is 11.3. The van der Waals surface area contributed by atoms with Gasteiger partial charge in [0.2, 0.25) is 0 Å². The Bertz CT molecular complexity index is 598. The Labute approximate surface area is 113 Å². The highest BCUT2D eigenvalue weighted by atomic mass is 32.2. The third-order valence-electron chi connectivity index (χ3n) is 3.74. The number of nitrogens with zero attached hydrogens (tertiary/aromatic N) is 2. The van der Waals surface area contributed by atoms with Gasteiger partial charge in [0.25, 0.3) is 5.91 Å². The molecule has 2 rings (SSSR count). The van der Waals surface area contributed by atoms with Crippen molar-refractivity contribution in [2.75, 3.05) is 12.3 Å². The normalized spacial score (nSPS) is 26.2. The predicted molar refractivity (Wildman–Crippen MR) is 72.7 cm³/mol. The van der Waals surface area contributed by atoms with Gasteiger partial charge >= 0.3 is 0 Å². The van der Waals surface area contributed by atoms with Crippen LogP contribution in [-0.4, -0.2) is 47.8 Å². The van der Waals surface area contributed by atoms with E-state index in [1.54, 1.807) is 31.0 Å². The zero-order chi connectivity index (χ0) is 14.2. The molecule has 5 nitrogen and oxygen atoms in total. The first kappa shape index (κ1) is 14.0. The molecule has 0 radical (unpaired) electrons. The number of hydrogen-bond acceptors (Lipinski definition) is 4. The van der Waals surface area contributed by atoms with Crippen molar-refractivity contribution in [3.8, 4) is 0 Å². The van der Waals surface area contributed by atoms with Crippen molar-refractivity contribution < 1.29 is 13.2 Å². The Morgan fingerprint density at radius 2 is 2.05 bits per heavy atom. The maximum absolute atomic E-state index is 12.4. The topological polar surface area (TPSA) is 67.3 Å². The second-order valence-electron chi connectivity index (χ2n) is 5.06. The second-order valence-corrected chi connectivity index (χ2v) is 7.54. The first-order valence-electron chi connectivity index (χ1n) is 6.27. The molecular weight excluding hydrogens is 264 g/mol. The van der Waals surface area contributed by atoms with Crippen molar-refractivity contribution in [3.63, 3.8) is 0 Å². The van der Waals surface area contributed by atoms with Gasteiger partial charge in [0.15, 0.2) is 9.84 Å². The number of amides is 1. The van der Waals surface area contributed by atoms with E-state index < -0.39 is 15.1 Å². The van der Waals surface area contributed by atoms with Crippen LogP contribution in [0, 0.1) is 6.92 Å². The Morgan fingerprint density at radius 3 is 2.68 bits per heavy atom. The summed E-state index contributed by atoms with van der Waals surface area (Å²) in [5.41, 5.74) is 1.43. The lowest BCUT2D eigenvalue weighted by molar-refractivity contribution is 0.0692. The van der Waals surface area contributed by atoms with Gasteiger partial charge < -0.3 is 4.90 Å². The average Bonchev–Trinajstić information content (AvgIpc) is 2.36. The molecule has 6 heteroatoms. The van der Waals surface area contributed by atoms with Gasteiger partial charge in [-0.1, -0.05) is 0 Å². The first-order valence-corrected chi connectivity index (χ1v) is 7.98. The van der Waals surface area contributed by atoms with Crippen molar-refractivity contribution in [1.82, 2.24) is 9.88 Å². The molecule has 1 amide bonds. The molecule has 0 saturated carbocycles. The number of pyridine rings is 1. The Balaban J connectivity index is 2.26. The van der Waals surface area contributed by atoms with E-state index in [4.69, 9.17) is 0 Å². The smallest absolute Gasteiger partial charge is 0.255 e. The summed E-state index contributed by atoms with van der Waals surface area (Å²) in [6, 6.07) is 1.46. The number of rotatable bonds is 1. The van der Waals surface area contributed by atoms with E-state index in [1.165, 1.54) is 6.20 Å². The van der Waals surface area contributed by atoms with E-state index in [0.717, 1.165) is 5.56 Å². The highest BCUT2D eigenvalue weighted by Crippen LogP contribution is 2.21. The number of hydrogen-bond donors (Lipinski definition) is 0. The summed E-state index contributed by atoms with van der Waals surface area (Å²) in [6.45, 7) is 5.56. The van der Waals surface area contributed by atoms with Crippen molar-refractivity contribution in [2.24, 2.45) is 0 Å². The van der Waals surface area contributed by atoms with Crippen LogP contribution in [0.15, 0.2) is 18.5 Å². The van der Waals surface area contributed by atoms with E-state index in [1.807, 2.05) is 6.92 Å². The standard InChI is InChI=1S/C13H18N2O3S/c1-9-6-12(8-14-7-9)13(16)15-4-5-19(17,18)11(3)10(15)2/h6-8,10-11H,4-5H2,1-3H3. The van der Waals surface area contributed by atoms with Crippen LogP contribution < -0.4 is 0 Å². The van der Waals surface area contributed by atoms with E-state index in [-0.39, 0.29) is 24.2 Å². The van der Waals surface area contributed by atoms with Crippen LogP contribution in [0.1, 0.15) is 29.8 Å². The first-order chi connectivity index (χ1) is 8.83. The number of aryl methyl sites for hydroxylation is 1. The zero-order valence-corrected chi connectivity index (χ0v) is 12.1. The fraction of sp³-hybridized carbons (Fsp3) is 0.538. The molecule has 104 valence electrons. The van der Waals surface area contributed by atoms with Gasteiger partial charge in [0.05, 0.1) is 16.6 Å². The van der Waals surface area contributed by atoms with Crippen LogP contribution >= 0.6 is 0 Å². The summed E-state index contributed by atoms with van der Waals surface area (Å²) in [5.74, 6) is -0.116. The summed E-state index contributed by atoms with van der Waals surface area (Å²) < 4.78 is 23.6. The Hall–Kier alpha value is -1.43. The van der Waals surface area contributed by atoms with Gasteiger partial charge in [0, 0.05) is 25.0 Å². The summed E-state index contributed by atoms with van der Waals surface area (Å²) in [5, 5.41) is -0.525. The molecule has 1 fully saturated rings. The largest absolute Gasteiger partial charge is 0.334 e. The fourth-order valence-corrected chi connectivity index (χ4v) is 3.86. The lowest BCUT2D eigenvalue weighted by atomic mass is 10.1. The monoisotopic (exact) mass is 282 g/mol. The Morgan fingerprint density at radius 1 is 1.37 bits per heavy atom. The van der Waals surface area contributed by atoms with Gasteiger partial charge in [0.1, 0.15) is 0 Å².